The number of carbonyl (C=O) groups is 2. The molecule has 2 atom stereocenters. The number of ether oxygens (including phenoxy) is 1. The molecule has 1 amide bonds. The summed E-state index contributed by atoms with van der Waals surface area (Å²) in [5, 5.41) is 23.2. The van der Waals surface area contributed by atoms with Crippen LogP contribution in [0.3, 0.4) is 0 Å². The molecule has 0 heterocycles. The zero-order valence-corrected chi connectivity index (χ0v) is 55.0. The Hall–Kier alpha value is -2.44. The number of aliphatic hydroxyl groups is 2. The van der Waals surface area contributed by atoms with Crippen molar-refractivity contribution in [3.8, 4) is 0 Å². The summed E-state index contributed by atoms with van der Waals surface area (Å²) < 4.78 is 5.47. The molecule has 0 aliphatic carbocycles. The van der Waals surface area contributed by atoms with Gasteiger partial charge in [0.05, 0.1) is 25.4 Å². The quantitative estimate of drug-likeness (QED) is 0.0320. The van der Waals surface area contributed by atoms with Gasteiger partial charge in [0.25, 0.3) is 0 Å². The van der Waals surface area contributed by atoms with Crippen LogP contribution in [0.15, 0.2) is 60.8 Å². The molecule has 82 heavy (non-hydrogen) atoms. The second-order valence-corrected chi connectivity index (χ2v) is 24.9. The van der Waals surface area contributed by atoms with E-state index in [2.05, 4.69) is 67.8 Å². The Morgan fingerprint density at radius 3 is 0.976 bits per heavy atom. The van der Waals surface area contributed by atoms with Gasteiger partial charge in [0.1, 0.15) is 0 Å². The summed E-state index contributed by atoms with van der Waals surface area (Å²) in [6.07, 6.45) is 94.6. The molecule has 0 aromatic heterocycles. The molecule has 480 valence electrons. The van der Waals surface area contributed by atoms with Crippen LogP contribution < -0.4 is 5.32 Å². The van der Waals surface area contributed by atoms with Crippen molar-refractivity contribution in [1.82, 2.24) is 5.32 Å². The number of esters is 1. The van der Waals surface area contributed by atoms with Crippen molar-refractivity contribution in [3.05, 3.63) is 60.8 Å². The number of nitrogens with one attached hydrogen (secondary N) is 1. The lowest BCUT2D eigenvalue weighted by Crippen LogP contribution is -2.45. The fraction of sp³-hybridized carbons (Fsp3) is 0.842. The molecule has 0 aromatic rings. The molecular formula is C76H141NO5. The van der Waals surface area contributed by atoms with E-state index in [9.17, 15) is 19.8 Å². The van der Waals surface area contributed by atoms with Crippen LogP contribution in [0.5, 0.6) is 0 Å². The average molecular weight is 1150 g/mol. The van der Waals surface area contributed by atoms with Gasteiger partial charge in [-0.25, -0.2) is 0 Å². The Balaban J connectivity index is 3.41. The number of aliphatic hydroxyl groups excluding tert-OH is 2. The largest absolute Gasteiger partial charge is 0.466 e. The summed E-state index contributed by atoms with van der Waals surface area (Å²) in [6, 6.07) is -0.628. The highest BCUT2D eigenvalue weighted by Gasteiger charge is 2.18. The van der Waals surface area contributed by atoms with Crippen molar-refractivity contribution in [3.63, 3.8) is 0 Å². The van der Waals surface area contributed by atoms with Crippen molar-refractivity contribution in [2.24, 2.45) is 0 Å². The summed E-state index contributed by atoms with van der Waals surface area (Å²) in [5.41, 5.74) is 0. The van der Waals surface area contributed by atoms with Gasteiger partial charge < -0.3 is 20.3 Å². The van der Waals surface area contributed by atoms with E-state index in [1.165, 1.54) is 302 Å². The highest BCUT2D eigenvalue weighted by atomic mass is 16.5. The van der Waals surface area contributed by atoms with Crippen LogP contribution in [0, 0.1) is 0 Å². The first kappa shape index (κ1) is 79.6. The minimum Gasteiger partial charge on any atom is -0.466 e. The second-order valence-electron chi connectivity index (χ2n) is 24.9. The Kier molecular flexibility index (Phi) is 68.9. The summed E-state index contributed by atoms with van der Waals surface area (Å²) in [4.78, 5) is 24.6. The van der Waals surface area contributed by atoms with Crippen molar-refractivity contribution < 1.29 is 24.5 Å². The standard InChI is InChI=1S/C76H141NO5/c1-3-5-7-9-11-13-15-17-18-19-35-38-41-45-48-52-56-60-64-68-74(79)73(72-78)77-75(80)69-65-61-57-53-49-46-42-39-36-33-31-29-27-25-23-21-20-22-24-26-28-30-32-34-37-40-43-47-51-55-59-63-67-71-82-76(81)70-66-62-58-54-50-44-16-14-12-10-8-6-4-2/h8,10,14,16,24,26,30,32,64,68,73-74,78-79H,3-7,9,11-13,15,17-23,25,27-29,31,33-63,65-67,69-72H2,1-2H3,(H,77,80)/b10-8-,16-14-,26-24-,32-30-,68-64+. The minimum atomic E-state index is -0.845. The molecule has 0 saturated carbocycles. The van der Waals surface area contributed by atoms with Gasteiger partial charge >= 0.3 is 5.97 Å². The van der Waals surface area contributed by atoms with Gasteiger partial charge in [-0.3, -0.25) is 9.59 Å². The Labute approximate surface area is 511 Å². The van der Waals surface area contributed by atoms with Crippen LogP contribution in [0.2, 0.25) is 0 Å². The summed E-state index contributed by atoms with van der Waals surface area (Å²) in [7, 11) is 0. The topological polar surface area (TPSA) is 95.9 Å². The zero-order chi connectivity index (χ0) is 59.2. The monoisotopic (exact) mass is 1150 g/mol. The van der Waals surface area contributed by atoms with Gasteiger partial charge in [-0.15, -0.1) is 0 Å². The van der Waals surface area contributed by atoms with Gasteiger partial charge in [-0.05, 0) is 89.9 Å². The number of allylic oxidation sites excluding steroid dienone is 9. The van der Waals surface area contributed by atoms with Crippen LogP contribution in [-0.2, 0) is 14.3 Å². The normalized spacial score (nSPS) is 12.9. The molecule has 0 aliphatic heterocycles. The molecule has 0 radical (unpaired) electrons. The Morgan fingerprint density at radius 2 is 0.634 bits per heavy atom. The van der Waals surface area contributed by atoms with E-state index in [4.69, 9.17) is 4.74 Å². The molecule has 0 fully saturated rings. The maximum atomic E-state index is 12.5. The summed E-state index contributed by atoms with van der Waals surface area (Å²) >= 11 is 0. The number of hydrogen-bond donors (Lipinski definition) is 3. The molecule has 2 unspecified atom stereocenters. The van der Waals surface area contributed by atoms with Crippen LogP contribution in [-0.4, -0.2) is 47.4 Å². The van der Waals surface area contributed by atoms with E-state index < -0.39 is 12.1 Å². The van der Waals surface area contributed by atoms with Gasteiger partial charge in [-0.1, -0.05) is 344 Å². The lowest BCUT2D eigenvalue weighted by molar-refractivity contribution is -0.143. The smallest absolute Gasteiger partial charge is 0.305 e. The van der Waals surface area contributed by atoms with E-state index in [-0.39, 0.29) is 18.5 Å². The van der Waals surface area contributed by atoms with E-state index in [0.29, 0.717) is 19.4 Å². The average Bonchev–Trinajstić information content (AvgIpc) is 3.48. The predicted octanol–water partition coefficient (Wildman–Crippen LogP) is 23.8. The predicted molar refractivity (Wildman–Crippen MR) is 361 cm³/mol. The van der Waals surface area contributed by atoms with Crippen molar-refractivity contribution in [1.29, 1.82) is 0 Å². The third-order valence-corrected chi connectivity index (χ3v) is 16.7. The van der Waals surface area contributed by atoms with Crippen molar-refractivity contribution >= 4 is 11.9 Å². The first-order chi connectivity index (χ1) is 40.5. The summed E-state index contributed by atoms with van der Waals surface area (Å²) in [5.74, 6) is -0.0649. The first-order valence-corrected chi connectivity index (χ1v) is 36.6. The fourth-order valence-corrected chi connectivity index (χ4v) is 11.2. The number of rotatable bonds is 68. The van der Waals surface area contributed by atoms with E-state index in [0.717, 1.165) is 57.8 Å². The molecule has 0 bridgehead atoms. The van der Waals surface area contributed by atoms with Crippen LogP contribution in [0.1, 0.15) is 386 Å². The molecule has 6 nitrogen and oxygen atoms in total. The fourth-order valence-electron chi connectivity index (χ4n) is 11.2. The van der Waals surface area contributed by atoms with E-state index in [1.807, 2.05) is 6.08 Å². The molecule has 3 N–H and O–H groups in total. The lowest BCUT2D eigenvalue weighted by atomic mass is 10.0. The maximum Gasteiger partial charge on any atom is 0.305 e. The molecule has 0 rings (SSSR count). The first-order valence-electron chi connectivity index (χ1n) is 36.6. The molecule has 0 aromatic carbocycles. The molecular weight excluding hydrogens is 1010 g/mol. The van der Waals surface area contributed by atoms with E-state index in [1.54, 1.807) is 6.08 Å². The third kappa shape index (κ3) is 66.7. The van der Waals surface area contributed by atoms with Crippen LogP contribution in [0.25, 0.3) is 0 Å². The molecule has 0 saturated heterocycles. The van der Waals surface area contributed by atoms with Gasteiger partial charge in [0.2, 0.25) is 5.91 Å². The van der Waals surface area contributed by atoms with Crippen molar-refractivity contribution in [2.45, 2.75) is 398 Å². The van der Waals surface area contributed by atoms with Crippen molar-refractivity contribution in [2.75, 3.05) is 13.2 Å². The highest BCUT2D eigenvalue weighted by molar-refractivity contribution is 5.76. The molecule has 0 spiro atoms. The molecule has 6 heteroatoms. The van der Waals surface area contributed by atoms with Crippen LogP contribution in [0.4, 0.5) is 0 Å². The summed E-state index contributed by atoms with van der Waals surface area (Å²) in [6.45, 7) is 4.86. The van der Waals surface area contributed by atoms with E-state index >= 15 is 0 Å². The minimum absolute atomic E-state index is 0.00163. The molecule has 0 aliphatic rings. The Bertz CT molecular complexity index is 1420. The lowest BCUT2D eigenvalue weighted by Gasteiger charge is -2.20. The van der Waals surface area contributed by atoms with Gasteiger partial charge in [0.15, 0.2) is 0 Å². The SMILES string of the molecule is CCC/C=C\C/C=C\CCCCCCCC(=O)OCCCCCCCCCCC/C=C\C/C=C\CCCCCCCCCCCCCCCCCCCC(=O)NC(CO)C(O)/C=C/CCCCCCCCCCCCCCCCCCC. The number of hydrogen-bond acceptors (Lipinski definition) is 5. The third-order valence-electron chi connectivity index (χ3n) is 16.7. The highest BCUT2D eigenvalue weighted by Crippen LogP contribution is 2.18. The maximum absolute atomic E-state index is 12.5. The van der Waals surface area contributed by atoms with Gasteiger partial charge in [-0.2, -0.15) is 0 Å². The zero-order valence-electron chi connectivity index (χ0n) is 55.0. The van der Waals surface area contributed by atoms with Gasteiger partial charge in [0, 0.05) is 12.8 Å². The number of amides is 1. The number of unbranched alkanes of at least 4 members (excludes halogenated alkanes) is 49. The number of carbonyl (C=O) groups excluding carboxylic acids is 2. The second kappa shape index (κ2) is 71.0. The van der Waals surface area contributed by atoms with Crippen LogP contribution >= 0.6 is 0 Å². The Morgan fingerprint density at radius 1 is 0.341 bits per heavy atom.